The first-order chi connectivity index (χ1) is 17.8. The number of rotatable bonds is 7. The average Bonchev–Trinajstić information content (AvgIpc) is 3.50. The lowest BCUT2D eigenvalue weighted by molar-refractivity contribution is -0.137. The fourth-order valence-corrected chi connectivity index (χ4v) is 4.71. The number of thioether (sulfide) groups is 1. The molecule has 1 N–H and O–H groups in total. The SMILES string of the molecule is O=C(CSc1nnc(-c2ccccc2)n1Cc1ccc2c(c1)OCO2)Nc1c(Cl)cccc1C(F)(F)F. The second kappa shape index (κ2) is 10.3. The highest BCUT2D eigenvalue weighted by Gasteiger charge is 2.34. The van der Waals surface area contributed by atoms with E-state index < -0.39 is 23.3 Å². The van der Waals surface area contributed by atoms with Crippen LogP contribution < -0.4 is 14.8 Å². The first-order valence-electron chi connectivity index (χ1n) is 10.9. The van der Waals surface area contributed by atoms with Crippen molar-refractivity contribution in [1.29, 1.82) is 0 Å². The van der Waals surface area contributed by atoms with Crippen LogP contribution >= 0.6 is 23.4 Å². The molecule has 5 rings (SSSR count). The number of amides is 1. The number of anilines is 1. The van der Waals surface area contributed by atoms with E-state index >= 15 is 0 Å². The first-order valence-corrected chi connectivity index (χ1v) is 12.3. The number of aromatic nitrogens is 3. The molecule has 0 saturated carbocycles. The van der Waals surface area contributed by atoms with E-state index in [0.29, 0.717) is 29.0 Å². The fourth-order valence-electron chi connectivity index (χ4n) is 3.75. The number of carbonyl (C=O) groups excluding carboxylic acids is 1. The third-order valence-corrected chi connectivity index (χ3v) is 6.72. The van der Waals surface area contributed by atoms with Crippen LogP contribution in [0.5, 0.6) is 11.5 Å². The summed E-state index contributed by atoms with van der Waals surface area (Å²) in [6, 6.07) is 18.3. The smallest absolute Gasteiger partial charge is 0.418 e. The van der Waals surface area contributed by atoms with Crippen molar-refractivity contribution in [3.63, 3.8) is 0 Å². The summed E-state index contributed by atoms with van der Waals surface area (Å²) >= 11 is 7.01. The second-order valence-corrected chi connectivity index (χ2v) is 9.29. The van der Waals surface area contributed by atoms with Crippen LogP contribution in [-0.4, -0.2) is 33.2 Å². The number of carbonyl (C=O) groups is 1. The summed E-state index contributed by atoms with van der Waals surface area (Å²) < 4.78 is 52.8. The Balaban J connectivity index is 1.38. The molecule has 37 heavy (non-hydrogen) atoms. The third kappa shape index (κ3) is 5.52. The predicted octanol–water partition coefficient (Wildman–Crippen LogP) is 6.13. The maximum atomic E-state index is 13.4. The van der Waals surface area contributed by atoms with Gasteiger partial charge in [0.2, 0.25) is 12.7 Å². The molecule has 1 aromatic heterocycles. The van der Waals surface area contributed by atoms with Gasteiger partial charge in [0.15, 0.2) is 22.5 Å². The number of fused-ring (bicyclic) bond motifs is 1. The van der Waals surface area contributed by atoms with Crippen molar-refractivity contribution in [2.45, 2.75) is 17.9 Å². The molecule has 4 aromatic rings. The van der Waals surface area contributed by atoms with Crippen LogP contribution in [0.25, 0.3) is 11.4 Å². The molecule has 0 spiro atoms. The van der Waals surface area contributed by atoms with Crippen molar-refractivity contribution >= 4 is 35.0 Å². The van der Waals surface area contributed by atoms with Gasteiger partial charge in [0.05, 0.1) is 28.6 Å². The van der Waals surface area contributed by atoms with Gasteiger partial charge in [0.25, 0.3) is 0 Å². The zero-order chi connectivity index (χ0) is 26.0. The maximum Gasteiger partial charge on any atom is 0.418 e. The van der Waals surface area contributed by atoms with Crippen LogP contribution in [0.2, 0.25) is 5.02 Å². The molecule has 0 bridgehead atoms. The number of nitrogens with zero attached hydrogens (tertiary/aromatic N) is 3. The molecule has 190 valence electrons. The average molecular weight is 547 g/mol. The Morgan fingerprint density at radius 3 is 2.59 bits per heavy atom. The van der Waals surface area contributed by atoms with Gasteiger partial charge in [-0.25, -0.2) is 0 Å². The van der Waals surface area contributed by atoms with Crippen molar-refractivity contribution in [2.24, 2.45) is 0 Å². The summed E-state index contributed by atoms with van der Waals surface area (Å²) in [7, 11) is 0. The lowest BCUT2D eigenvalue weighted by atomic mass is 10.1. The standard InChI is InChI=1S/C25H18ClF3N4O3S/c26-18-8-4-7-17(25(27,28)29)22(18)30-21(34)13-37-24-32-31-23(16-5-2-1-3-6-16)33(24)12-15-9-10-19-20(11-15)36-14-35-19/h1-11H,12-14H2,(H,30,34). The zero-order valence-electron chi connectivity index (χ0n) is 19.0. The minimum Gasteiger partial charge on any atom is -0.454 e. The van der Waals surface area contributed by atoms with Gasteiger partial charge in [-0.15, -0.1) is 10.2 Å². The van der Waals surface area contributed by atoms with Gasteiger partial charge in [-0.05, 0) is 29.8 Å². The van der Waals surface area contributed by atoms with E-state index in [4.69, 9.17) is 21.1 Å². The number of benzene rings is 3. The van der Waals surface area contributed by atoms with E-state index in [9.17, 15) is 18.0 Å². The summed E-state index contributed by atoms with van der Waals surface area (Å²) in [6.45, 7) is 0.513. The molecule has 0 unspecified atom stereocenters. The molecule has 0 atom stereocenters. The number of halogens is 4. The van der Waals surface area contributed by atoms with Gasteiger partial charge in [0, 0.05) is 5.56 Å². The Labute approximate surface area is 218 Å². The molecule has 1 aliphatic rings. The minimum absolute atomic E-state index is 0.151. The van der Waals surface area contributed by atoms with Crippen LogP contribution in [0, 0.1) is 0 Å². The van der Waals surface area contributed by atoms with E-state index in [1.54, 1.807) is 0 Å². The maximum absolute atomic E-state index is 13.4. The molecule has 3 aromatic carbocycles. The molecule has 1 aliphatic heterocycles. The highest BCUT2D eigenvalue weighted by molar-refractivity contribution is 7.99. The number of nitrogens with one attached hydrogen (secondary N) is 1. The summed E-state index contributed by atoms with van der Waals surface area (Å²) in [5, 5.41) is 11.1. The summed E-state index contributed by atoms with van der Waals surface area (Å²) in [5.74, 6) is 0.978. The Morgan fingerprint density at radius 2 is 1.81 bits per heavy atom. The number of alkyl halides is 3. The first kappa shape index (κ1) is 25.0. The van der Waals surface area contributed by atoms with Gasteiger partial charge < -0.3 is 14.8 Å². The Kier molecular flexibility index (Phi) is 6.98. The molecule has 0 saturated heterocycles. The van der Waals surface area contributed by atoms with E-state index in [1.165, 1.54) is 12.1 Å². The summed E-state index contributed by atoms with van der Waals surface area (Å²) in [5.41, 5.74) is 0.209. The molecule has 0 radical (unpaired) electrons. The van der Waals surface area contributed by atoms with E-state index in [0.717, 1.165) is 29.0 Å². The lowest BCUT2D eigenvalue weighted by Gasteiger charge is -2.15. The van der Waals surface area contributed by atoms with E-state index in [1.807, 2.05) is 53.1 Å². The minimum atomic E-state index is -4.67. The molecule has 2 heterocycles. The second-order valence-electron chi connectivity index (χ2n) is 7.94. The predicted molar refractivity (Wildman–Crippen MR) is 133 cm³/mol. The molecular weight excluding hydrogens is 529 g/mol. The molecule has 7 nitrogen and oxygen atoms in total. The Bertz CT molecular complexity index is 1450. The van der Waals surface area contributed by atoms with Crippen molar-refractivity contribution in [1.82, 2.24) is 14.8 Å². The molecule has 0 aliphatic carbocycles. The number of para-hydroxylation sites is 1. The van der Waals surface area contributed by atoms with Crippen LogP contribution in [0.4, 0.5) is 18.9 Å². The number of ether oxygens (including phenoxy) is 2. The van der Waals surface area contributed by atoms with Crippen molar-refractivity contribution < 1.29 is 27.4 Å². The Hall–Kier alpha value is -3.70. The van der Waals surface area contributed by atoms with Gasteiger partial charge in [-0.3, -0.25) is 9.36 Å². The van der Waals surface area contributed by atoms with Gasteiger partial charge in [0.1, 0.15) is 0 Å². The van der Waals surface area contributed by atoms with Gasteiger partial charge in [-0.1, -0.05) is 65.8 Å². The fraction of sp³-hybridized carbons (Fsp3) is 0.160. The highest BCUT2D eigenvalue weighted by atomic mass is 35.5. The van der Waals surface area contributed by atoms with E-state index in [2.05, 4.69) is 15.5 Å². The topological polar surface area (TPSA) is 78.3 Å². The highest BCUT2D eigenvalue weighted by Crippen LogP contribution is 2.39. The number of hydrogen-bond acceptors (Lipinski definition) is 6. The van der Waals surface area contributed by atoms with Gasteiger partial charge >= 0.3 is 6.18 Å². The van der Waals surface area contributed by atoms with Crippen LogP contribution in [0.15, 0.2) is 71.9 Å². The largest absolute Gasteiger partial charge is 0.454 e. The van der Waals surface area contributed by atoms with Crippen molar-refractivity contribution in [3.05, 3.63) is 82.9 Å². The normalized spacial score (nSPS) is 12.5. The van der Waals surface area contributed by atoms with Crippen LogP contribution in [-0.2, 0) is 17.5 Å². The zero-order valence-corrected chi connectivity index (χ0v) is 20.5. The van der Waals surface area contributed by atoms with Crippen molar-refractivity contribution in [3.8, 4) is 22.9 Å². The molecule has 0 fully saturated rings. The van der Waals surface area contributed by atoms with Gasteiger partial charge in [-0.2, -0.15) is 13.2 Å². The monoisotopic (exact) mass is 546 g/mol. The third-order valence-electron chi connectivity index (χ3n) is 5.44. The van der Waals surface area contributed by atoms with E-state index in [-0.39, 0.29) is 17.6 Å². The van der Waals surface area contributed by atoms with Crippen LogP contribution in [0.3, 0.4) is 0 Å². The summed E-state index contributed by atoms with van der Waals surface area (Å²) in [6.07, 6.45) is -4.67. The number of hydrogen-bond donors (Lipinski definition) is 1. The van der Waals surface area contributed by atoms with Crippen LogP contribution in [0.1, 0.15) is 11.1 Å². The van der Waals surface area contributed by atoms with Crippen molar-refractivity contribution in [2.75, 3.05) is 17.9 Å². The molecule has 12 heteroatoms. The summed E-state index contributed by atoms with van der Waals surface area (Å²) in [4.78, 5) is 12.6. The Morgan fingerprint density at radius 1 is 1.03 bits per heavy atom. The quantitative estimate of drug-likeness (QED) is 0.281. The molecular formula is C25H18ClF3N4O3S. The molecule has 1 amide bonds. The lowest BCUT2D eigenvalue weighted by Crippen LogP contribution is -2.19.